The molecule has 6 heteroatoms. The van der Waals surface area contributed by atoms with Crippen LogP contribution in [0.5, 0.6) is 0 Å². The van der Waals surface area contributed by atoms with E-state index in [1.54, 1.807) is 11.8 Å². The zero-order valence-corrected chi connectivity index (χ0v) is 12.4. The first-order valence-electron chi connectivity index (χ1n) is 6.61. The molecular weight excluding hydrogens is 260 g/mol. The van der Waals surface area contributed by atoms with Crippen LogP contribution in [0.15, 0.2) is 17.6 Å². The monoisotopic (exact) mass is 282 g/mol. The van der Waals surface area contributed by atoms with E-state index >= 15 is 0 Å². The third-order valence-corrected chi connectivity index (χ3v) is 4.17. The van der Waals surface area contributed by atoms with Gasteiger partial charge in [-0.3, -0.25) is 4.90 Å². The number of likely N-dealkylation sites (N-methyl/N-ethyl adjacent to an activating group) is 1. The van der Waals surface area contributed by atoms with Crippen LogP contribution in [0.4, 0.5) is 0 Å². The van der Waals surface area contributed by atoms with Crippen molar-refractivity contribution in [1.29, 1.82) is 0 Å². The second-order valence-corrected chi connectivity index (χ2v) is 5.73. The molecule has 1 unspecified atom stereocenters. The highest BCUT2D eigenvalue weighted by Gasteiger charge is 2.23. The fourth-order valence-electron chi connectivity index (χ4n) is 2.40. The fourth-order valence-corrected chi connectivity index (χ4v) is 2.72. The second kappa shape index (κ2) is 7.19. The van der Waals surface area contributed by atoms with Crippen molar-refractivity contribution in [3.05, 3.63) is 18.0 Å². The summed E-state index contributed by atoms with van der Waals surface area (Å²) in [7, 11) is 2.13. The summed E-state index contributed by atoms with van der Waals surface area (Å²) in [5.74, 6) is 0. The van der Waals surface area contributed by atoms with Crippen molar-refractivity contribution in [2.75, 3.05) is 39.5 Å². The molecule has 1 N–H and O–H groups in total. The lowest BCUT2D eigenvalue weighted by Gasteiger charge is -2.39. The topological polar surface area (TPSA) is 52.5 Å². The van der Waals surface area contributed by atoms with E-state index in [9.17, 15) is 0 Å². The van der Waals surface area contributed by atoms with Crippen LogP contribution in [0.2, 0.25) is 0 Å². The normalized spacial score (nSPS) is 21.7. The number of thioether (sulfide) groups is 1. The summed E-state index contributed by atoms with van der Waals surface area (Å²) >= 11 is 1.56. The van der Waals surface area contributed by atoms with Gasteiger partial charge in [0, 0.05) is 56.8 Å². The van der Waals surface area contributed by atoms with E-state index < -0.39 is 0 Å². The van der Waals surface area contributed by atoms with E-state index in [1.165, 1.54) is 0 Å². The summed E-state index contributed by atoms with van der Waals surface area (Å²) in [4.78, 5) is 13.4. The minimum atomic E-state index is 0.258. The fraction of sp³-hybridized carbons (Fsp3) is 0.692. The Bertz CT molecular complexity index is 387. The maximum atomic E-state index is 9.10. The number of piperazine rings is 1. The first-order chi connectivity index (χ1) is 9.22. The van der Waals surface area contributed by atoms with Gasteiger partial charge in [0.15, 0.2) is 5.16 Å². The van der Waals surface area contributed by atoms with Gasteiger partial charge in [0.2, 0.25) is 0 Å². The van der Waals surface area contributed by atoms with Crippen LogP contribution in [0, 0.1) is 0 Å². The van der Waals surface area contributed by atoms with Crippen molar-refractivity contribution < 1.29 is 5.11 Å². The van der Waals surface area contributed by atoms with Gasteiger partial charge in [0.1, 0.15) is 0 Å². The molecule has 1 atom stereocenters. The number of hydrogen-bond donors (Lipinski definition) is 1. The minimum Gasteiger partial charge on any atom is -0.396 e. The Morgan fingerprint density at radius 3 is 2.74 bits per heavy atom. The second-order valence-electron chi connectivity index (χ2n) is 4.96. The van der Waals surface area contributed by atoms with Crippen LogP contribution in [-0.4, -0.2) is 70.5 Å². The molecule has 19 heavy (non-hydrogen) atoms. The lowest BCUT2D eigenvalue weighted by molar-refractivity contribution is 0.0741. The minimum absolute atomic E-state index is 0.258. The van der Waals surface area contributed by atoms with Gasteiger partial charge in [0.25, 0.3) is 0 Å². The molecule has 0 aliphatic carbocycles. The highest BCUT2D eigenvalue weighted by molar-refractivity contribution is 7.98. The molecule has 1 aromatic heterocycles. The van der Waals surface area contributed by atoms with Gasteiger partial charge < -0.3 is 10.0 Å². The third kappa shape index (κ3) is 4.14. The Morgan fingerprint density at radius 1 is 1.37 bits per heavy atom. The van der Waals surface area contributed by atoms with Crippen molar-refractivity contribution >= 4 is 11.8 Å². The molecule has 1 aliphatic rings. The number of rotatable bonds is 5. The molecule has 106 valence electrons. The summed E-state index contributed by atoms with van der Waals surface area (Å²) in [5, 5.41) is 9.92. The largest absolute Gasteiger partial charge is 0.396 e. The van der Waals surface area contributed by atoms with E-state index in [0.717, 1.165) is 43.3 Å². The van der Waals surface area contributed by atoms with Crippen LogP contribution in [0.25, 0.3) is 0 Å². The molecular formula is C13H22N4OS. The van der Waals surface area contributed by atoms with E-state index in [0.29, 0.717) is 6.04 Å². The molecule has 2 heterocycles. The van der Waals surface area contributed by atoms with Crippen LogP contribution < -0.4 is 0 Å². The smallest absolute Gasteiger partial charge is 0.187 e. The van der Waals surface area contributed by atoms with Crippen molar-refractivity contribution in [3.63, 3.8) is 0 Å². The van der Waals surface area contributed by atoms with Crippen LogP contribution in [0.3, 0.4) is 0 Å². The molecule has 2 rings (SSSR count). The Morgan fingerprint density at radius 2 is 2.11 bits per heavy atom. The van der Waals surface area contributed by atoms with Gasteiger partial charge in [-0.1, -0.05) is 11.8 Å². The van der Waals surface area contributed by atoms with Gasteiger partial charge in [0.05, 0.1) is 0 Å². The quantitative estimate of drug-likeness (QED) is 0.634. The molecule has 0 amide bonds. The van der Waals surface area contributed by atoms with Crippen molar-refractivity contribution in [2.45, 2.75) is 24.2 Å². The van der Waals surface area contributed by atoms with Crippen molar-refractivity contribution in [1.82, 2.24) is 19.8 Å². The Balaban J connectivity index is 1.91. The van der Waals surface area contributed by atoms with Gasteiger partial charge in [-0.05, 0) is 19.7 Å². The standard InChI is InChI=1S/C13H22N4OS/c1-16-4-5-17(10-12(16)3-6-18)9-11-7-14-13(19-2)15-8-11/h7-8,12,18H,3-6,9-10H2,1-2H3. The lowest BCUT2D eigenvalue weighted by atomic mass is 10.1. The first-order valence-corrected chi connectivity index (χ1v) is 7.83. The summed E-state index contributed by atoms with van der Waals surface area (Å²) in [6, 6.07) is 0.449. The summed E-state index contributed by atoms with van der Waals surface area (Å²) < 4.78 is 0. The zero-order chi connectivity index (χ0) is 13.7. The zero-order valence-electron chi connectivity index (χ0n) is 11.6. The molecule has 0 bridgehead atoms. The first kappa shape index (κ1) is 14.7. The highest BCUT2D eigenvalue weighted by atomic mass is 32.2. The third-order valence-electron chi connectivity index (χ3n) is 3.59. The summed E-state index contributed by atoms with van der Waals surface area (Å²) in [6.45, 7) is 4.26. The van der Waals surface area contributed by atoms with Crippen molar-refractivity contribution in [2.24, 2.45) is 0 Å². The summed E-state index contributed by atoms with van der Waals surface area (Å²) in [6.07, 6.45) is 6.65. The van der Waals surface area contributed by atoms with E-state index in [4.69, 9.17) is 5.11 Å². The number of aliphatic hydroxyl groups excluding tert-OH is 1. The Kier molecular flexibility index (Phi) is 5.57. The van der Waals surface area contributed by atoms with E-state index in [2.05, 4.69) is 26.8 Å². The maximum absolute atomic E-state index is 9.10. The van der Waals surface area contributed by atoms with Crippen LogP contribution >= 0.6 is 11.8 Å². The summed E-state index contributed by atoms with van der Waals surface area (Å²) in [5.41, 5.74) is 1.16. The van der Waals surface area contributed by atoms with E-state index in [-0.39, 0.29) is 6.61 Å². The number of hydrogen-bond acceptors (Lipinski definition) is 6. The van der Waals surface area contributed by atoms with Crippen molar-refractivity contribution in [3.8, 4) is 0 Å². The van der Waals surface area contributed by atoms with Gasteiger partial charge in [-0.25, -0.2) is 9.97 Å². The number of nitrogens with zero attached hydrogens (tertiary/aromatic N) is 4. The number of aliphatic hydroxyl groups is 1. The highest BCUT2D eigenvalue weighted by Crippen LogP contribution is 2.14. The molecule has 0 saturated carbocycles. The Hall–Kier alpha value is -0.690. The molecule has 1 fully saturated rings. The maximum Gasteiger partial charge on any atom is 0.187 e. The average Bonchev–Trinajstić information content (AvgIpc) is 2.44. The predicted molar refractivity (Wildman–Crippen MR) is 77.2 cm³/mol. The molecule has 0 radical (unpaired) electrons. The van der Waals surface area contributed by atoms with Gasteiger partial charge >= 0.3 is 0 Å². The predicted octanol–water partition coefficient (Wildman–Crippen LogP) is 0.697. The van der Waals surface area contributed by atoms with E-state index in [1.807, 2.05) is 18.6 Å². The SMILES string of the molecule is CSc1ncc(CN2CCN(C)C(CCO)C2)cn1. The molecule has 1 aromatic rings. The van der Waals surface area contributed by atoms with Gasteiger partial charge in [-0.2, -0.15) is 0 Å². The molecule has 0 aromatic carbocycles. The molecule has 5 nitrogen and oxygen atoms in total. The Labute approximate surface area is 119 Å². The molecule has 0 spiro atoms. The molecule has 1 saturated heterocycles. The average molecular weight is 282 g/mol. The lowest BCUT2D eigenvalue weighted by Crippen LogP contribution is -2.51. The van der Waals surface area contributed by atoms with Crippen LogP contribution in [-0.2, 0) is 6.54 Å². The van der Waals surface area contributed by atoms with Crippen LogP contribution in [0.1, 0.15) is 12.0 Å². The molecule has 1 aliphatic heterocycles. The number of aromatic nitrogens is 2. The van der Waals surface area contributed by atoms with Gasteiger partial charge in [-0.15, -0.1) is 0 Å².